The molecule has 1 saturated heterocycles. The van der Waals surface area contributed by atoms with E-state index in [0.717, 1.165) is 11.4 Å². The molecule has 17 heavy (non-hydrogen) atoms. The van der Waals surface area contributed by atoms with E-state index in [1.165, 1.54) is 4.90 Å². The average molecular weight is 250 g/mol. The van der Waals surface area contributed by atoms with Crippen LogP contribution in [0.5, 0.6) is 0 Å². The summed E-state index contributed by atoms with van der Waals surface area (Å²) in [7, 11) is 1.87. The number of hydrogen-bond donors (Lipinski definition) is 1. The fourth-order valence-electron chi connectivity index (χ4n) is 1.67. The van der Waals surface area contributed by atoms with Gasteiger partial charge in [-0.2, -0.15) is 5.10 Å². The van der Waals surface area contributed by atoms with Crippen molar-refractivity contribution in [2.75, 3.05) is 6.54 Å². The number of aryl methyl sites for hydroxylation is 2. The molecule has 1 N–H and O–H groups in total. The summed E-state index contributed by atoms with van der Waals surface area (Å²) in [6.45, 7) is 4.42. The van der Waals surface area contributed by atoms with Crippen molar-refractivity contribution in [1.29, 1.82) is 0 Å². The van der Waals surface area contributed by atoms with Crippen LogP contribution in [-0.4, -0.2) is 32.2 Å². The molecule has 2 rings (SSSR count). The zero-order chi connectivity index (χ0) is 12.6. The molecule has 2 heterocycles. The van der Waals surface area contributed by atoms with E-state index in [2.05, 4.69) is 10.4 Å². The zero-order valence-electron chi connectivity index (χ0n) is 10.0. The minimum atomic E-state index is -0.0965. The van der Waals surface area contributed by atoms with Crippen LogP contribution in [0.3, 0.4) is 0 Å². The highest BCUT2D eigenvalue weighted by Gasteiger charge is 2.29. The number of rotatable bonds is 2. The summed E-state index contributed by atoms with van der Waals surface area (Å²) < 4.78 is 1.77. The summed E-state index contributed by atoms with van der Waals surface area (Å²) in [5.74, 6) is -0.0965. The smallest absolute Gasteiger partial charge is 0.276 e. The molecule has 1 aliphatic rings. The molecular formula is C11H14N4OS. The van der Waals surface area contributed by atoms with Crippen LogP contribution in [0.4, 0.5) is 0 Å². The minimum Gasteiger partial charge on any atom is -0.328 e. The monoisotopic (exact) mass is 250 g/mol. The Morgan fingerprint density at radius 3 is 2.76 bits per heavy atom. The topological polar surface area (TPSA) is 50.2 Å². The normalized spacial score (nSPS) is 18.1. The van der Waals surface area contributed by atoms with Gasteiger partial charge in [-0.3, -0.25) is 14.4 Å². The van der Waals surface area contributed by atoms with Gasteiger partial charge in [0.15, 0.2) is 5.11 Å². The van der Waals surface area contributed by atoms with Crippen LogP contribution in [-0.2, 0) is 11.8 Å². The van der Waals surface area contributed by atoms with Gasteiger partial charge in [0.2, 0.25) is 0 Å². The van der Waals surface area contributed by atoms with Crippen LogP contribution in [0.25, 0.3) is 6.08 Å². The molecule has 6 heteroatoms. The Labute approximate surface area is 105 Å². The molecule has 5 nitrogen and oxygen atoms in total. The second-order valence-corrected chi connectivity index (χ2v) is 4.26. The Bertz CT molecular complexity index is 498. The van der Waals surface area contributed by atoms with E-state index in [1.807, 2.05) is 27.0 Å². The first-order chi connectivity index (χ1) is 8.02. The summed E-state index contributed by atoms with van der Waals surface area (Å²) >= 11 is 5.07. The molecule has 0 spiro atoms. The highest BCUT2D eigenvalue weighted by Crippen LogP contribution is 2.13. The summed E-state index contributed by atoms with van der Waals surface area (Å²) in [6, 6.07) is 1.92. The van der Waals surface area contributed by atoms with Crippen LogP contribution in [0, 0.1) is 6.92 Å². The highest BCUT2D eigenvalue weighted by molar-refractivity contribution is 7.80. The third kappa shape index (κ3) is 2.08. The molecule has 0 radical (unpaired) electrons. The molecule has 1 amide bonds. The quantitative estimate of drug-likeness (QED) is 0.623. The first-order valence-electron chi connectivity index (χ1n) is 5.38. The second kappa shape index (κ2) is 4.29. The lowest BCUT2D eigenvalue weighted by Gasteiger charge is -2.08. The molecule has 0 atom stereocenters. The third-order valence-corrected chi connectivity index (χ3v) is 3.03. The first-order valence-corrected chi connectivity index (χ1v) is 5.79. The lowest BCUT2D eigenvalue weighted by molar-refractivity contribution is -0.122. The maximum Gasteiger partial charge on any atom is 0.276 e. The van der Waals surface area contributed by atoms with Gasteiger partial charge >= 0.3 is 0 Å². The van der Waals surface area contributed by atoms with Gasteiger partial charge < -0.3 is 5.32 Å². The molecule has 1 aromatic heterocycles. The molecular weight excluding hydrogens is 236 g/mol. The number of nitrogens with zero attached hydrogens (tertiary/aromatic N) is 3. The maximum absolute atomic E-state index is 11.9. The largest absolute Gasteiger partial charge is 0.328 e. The number of likely N-dealkylation sites (N-methyl/N-ethyl adjacent to an activating group) is 1. The fraction of sp³-hybridized carbons (Fsp3) is 0.364. The van der Waals surface area contributed by atoms with Gasteiger partial charge in [-0.05, 0) is 38.2 Å². The number of amides is 1. The number of nitrogens with one attached hydrogen (secondary N) is 1. The van der Waals surface area contributed by atoms with Crippen molar-refractivity contribution in [2.45, 2.75) is 13.8 Å². The molecule has 90 valence electrons. The minimum absolute atomic E-state index is 0.0965. The standard InChI is InChI=1S/C11H14N4OS/c1-4-15-10(16)9(12-11(15)17)6-8-5-7(2)14(3)13-8/h5-6H,4H2,1-3H3,(H,12,17). The van der Waals surface area contributed by atoms with E-state index >= 15 is 0 Å². The average Bonchev–Trinajstić information content (AvgIpc) is 2.70. The number of carbonyl (C=O) groups is 1. The lowest BCUT2D eigenvalue weighted by atomic mass is 10.3. The predicted octanol–water partition coefficient (Wildman–Crippen LogP) is 0.806. The summed E-state index contributed by atoms with van der Waals surface area (Å²) in [5.41, 5.74) is 2.27. The summed E-state index contributed by atoms with van der Waals surface area (Å²) in [5, 5.41) is 7.63. The van der Waals surface area contributed by atoms with Crippen molar-refractivity contribution in [2.24, 2.45) is 7.05 Å². The van der Waals surface area contributed by atoms with Gasteiger partial charge in [-0.25, -0.2) is 0 Å². The number of carbonyl (C=O) groups excluding carboxylic acids is 1. The fourth-order valence-corrected chi connectivity index (χ4v) is 1.99. The van der Waals surface area contributed by atoms with E-state index in [0.29, 0.717) is 17.4 Å². The van der Waals surface area contributed by atoms with Crippen LogP contribution >= 0.6 is 12.2 Å². The van der Waals surface area contributed by atoms with Gasteiger partial charge in [0.05, 0.1) is 5.69 Å². The van der Waals surface area contributed by atoms with Crippen LogP contribution in [0.1, 0.15) is 18.3 Å². The molecule has 1 aliphatic heterocycles. The summed E-state index contributed by atoms with van der Waals surface area (Å²) in [6.07, 6.45) is 1.72. The van der Waals surface area contributed by atoms with E-state index < -0.39 is 0 Å². The number of hydrogen-bond acceptors (Lipinski definition) is 3. The Morgan fingerprint density at radius 1 is 1.59 bits per heavy atom. The molecule has 1 aromatic rings. The van der Waals surface area contributed by atoms with Crippen LogP contribution < -0.4 is 5.32 Å². The SMILES string of the molecule is CCN1C(=O)C(=Cc2cc(C)n(C)n2)NC1=S. The van der Waals surface area contributed by atoms with Crippen molar-refractivity contribution in [3.8, 4) is 0 Å². The molecule has 0 bridgehead atoms. The highest BCUT2D eigenvalue weighted by atomic mass is 32.1. The summed E-state index contributed by atoms with van der Waals surface area (Å²) in [4.78, 5) is 13.4. The van der Waals surface area contributed by atoms with E-state index in [9.17, 15) is 4.79 Å². The van der Waals surface area contributed by atoms with Gasteiger partial charge in [-0.1, -0.05) is 0 Å². The van der Waals surface area contributed by atoms with E-state index in [-0.39, 0.29) is 5.91 Å². The molecule has 0 saturated carbocycles. The maximum atomic E-state index is 11.9. The zero-order valence-corrected chi connectivity index (χ0v) is 10.8. The van der Waals surface area contributed by atoms with Gasteiger partial charge in [-0.15, -0.1) is 0 Å². The van der Waals surface area contributed by atoms with Crippen molar-refractivity contribution in [1.82, 2.24) is 20.0 Å². The first kappa shape index (κ1) is 11.8. The van der Waals surface area contributed by atoms with Crippen LogP contribution in [0.15, 0.2) is 11.8 Å². The Morgan fingerprint density at radius 2 is 2.29 bits per heavy atom. The lowest BCUT2D eigenvalue weighted by Crippen LogP contribution is -2.30. The molecule has 1 fully saturated rings. The van der Waals surface area contributed by atoms with Gasteiger partial charge in [0.25, 0.3) is 5.91 Å². The van der Waals surface area contributed by atoms with Crippen LogP contribution in [0.2, 0.25) is 0 Å². The number of aromatic nitrogens is 2. The number of thiocarbonyl (C=S) groups is 1. The Balaban J connectivity index is 2.30. The van der Waals surface area contributed by atoms with Crippen molar-refractivity contribution in [3.63, 3.8) is 0 Å². The second-order valence-electron chi connectivity index (χ2n) is 3.87. The third-order valence-electron chi connectivity index (χ3n) is 2.70. The van der Waals surface area contributed by atoms with E-state index in [4.69, 9.17) is 12.2 Å². The molecule has 0 aromatic carbocycles. The van der Waals surface area contributed by atoms with Crippen molar-refractivity contribution < 1.29 is 4.79 Å². The van der Waals surface area contributed by atoms with Gasteiger partial charge in [0.1, 0.15) is 5.70 Å². The predicted molar refractivity (Wildman–Crippen MR) is 69.0 cm³/mol. The van der Waals surface area contributed by atoms with Crippen molar-refractivity contribution in [3.05, 3.63) is 23.2 Å². The van der Waals surface area contributed by atoms with Crippen molar-refractivity contribution >= 4 is 29.3 Å². The molecule has 0 unspecified atom stereocenters. The van der Waals surface area contributed by atoms with E-state index in [1.54, 1.807) is 10.8 Å². The van der Waals surface area contributed by atoms with Gasteiger partial charge in [0, 0.05) is 19.3 Å². The molecule has 0 aliphatic carbocycles. The Hall–Kier alpha value is -1.69. The Kier molecular flexibility index (Phi) is 2.97.